The zero-order valence-corrected chi connectivity index (χ0v) is 12.5. The van der Waals surface area contributed by atoms with Crippen LogP contribution in [-0.4, -0.2) is 50.2 Å². The average Bonchev–Trinajstić information content (AvgIpc) is 3.26. The van der Waals surface area contributed by atoms with Crippen molar-refractivity contribution in [3.8, 4) is 0 Å². The molecule has 3 heterocycles. The van der Waals surface area contributed by atoms with Crippen LogP contribution >= 0.6 is 0 Å². The molecule has 0 amide bonds. The average molecular weight is 300 g/mol. The van der Waals surface area contributed by atoms with Crippen molar-refractivity contribution in [3.05, 3.63) is 30.8 Å². The van der Waals surface area contributed by atoms with E-state index in [-0.39, 0.29) is 0 Å². The van der Waals surface area contributed by atoms with Gasteiger partial charge in [-0.2, -0.15) is 4.98 Å². The van der Waals surface area contributed by atoms with Crippen molar-refractivity contribution in [2.45, 2.75) is 44.3 Å². The number of aromatic nitrogens is 4. The Kier molecular flexibility index (Phi) is 3.72. The molecular formula is C15H20N6O. The maximum absolute atomic E-state index is 5.10. The van der Waals surface area contributed by atoms with Gasteiger partial charge in [-0.05, 0) is 31.7 Å². The number of rotatable bonds is 5. The van der Waals surface area contributed by atoms with Crippen LogP contribution in [0.1, 0.15) is 31.6 Å². The van der Waals surface area contributed by atoms with Crippen LogP contribution < -0.4 is 4.90 Å². The first-order valence-corrected chi connectivity index (χ1v) is 7.92. The Hall–Kier alpha value is -2.02. The van der Waals surface area contributed by atoms with E-state index in [1.165, 1.54) is 19.2 Å². The molecule has 7 nitrogen and oxygen atoms in total. The summed E-state index contributed by atoms with van der Waals surface area (Å²) >= 11 is 0. The highest BCUT2D eigenvalue weighted by molar-refractivity contribution is 5.41. The Bertz CT molecular complexity index is 577. The van der Waals surface area contributed by atoms with Gasteiger partial charge in [-0.25, -0.2) is 9.97 Å². The number of piperidine rings is 1. The summed E-state index contributed by atoms with van der Waals surface area (Å²) in [5.41, 5.74) is 0. The van der Waals surface area contributed by atoms with Crippen LogP contribution in [0.25, 0.3) is 0 Å². The lowest BCUT2D eigenvalue weighted by atomic mass is 10.0. The fourth-order valence-electron chi connectivity index (χ4n) is 3.27. The molecule has 4 rings (SSSR count). The fourth-order valence-corrected chi connectivity index (χ4v) is 3.27. The SMILES string of the molecule is c1cc(N(C2CC2)C2CCN(Cc3ncno3)CC2)ncn1. The number of nitrogens with zero attached hydrogens (tertiary/aromatic N) is 6. The summed E-state index contributed by atoms with van der Waals surface area (Å²) in [4.78, 5) is 17.5. The molecule has 0 unspecified atom stereocenters. The second-order valence-electron chi connectivity index (χ2n) is 6.05. The third-order valence-corrected chi connectivity index (χ3v) is 4.49. The van der Waals surface area contributed by atoms with E-state index in [0.29, 0.717) is 18.0 Å². The molecular weight excluding hydrogens is 280 g/mol. The maximum atomic E-state index is 5.10. The van der Waals surface area contributed by atoms with Crippen LogP contribution in [-0.2, 0) is 6.54 Å². The molecule has 0 bridgehead atoms. The van der Waals surface area contributed by atoms with Crippen LogP contribution in [0, 0.1) is 0 Å². The highest BCUT2D eigenvalue weighted by Gasteiger charge is 2.36. The van der Waals surface area contributed by atoms with Crippen LogP contribution in [0.4, 0.5) is 5.82 Å². The predicted molar refractivity (Wildman–Crippen MR) is 80.1 cm³/mol. The lowest BCUT2D eigenvalue weighted by molar-refractivity contribution is 0.178. The molecule has 2 fully saturated rings. The largest absolute Gasteiger partial charge is 0.350 e. The van der Waals surface area contributed by atoms with Gasteiger partial charge in [-0.15, -0.1) is 0 Å². The Morgan fingerprint density at radius 1 is 1.09 bits per heavy atom. The minimum absolute atomic E-state index is 0.571. The van der Waals surface area contributed by atoms with E-state index in [4.69, 9.17) is 4.52 Å². The summed E-state index contributed by atoms with van der Waals surface area (Å²) in [6, 6.07) is 3.27. The van der Waals surface area contributed by atoms with E-state index in [1.54, 1.807) is 6.33 Å². The van der Waals surface area contributed by atoms with Gasteiger partial charge in [0.15, 0.2) is 6.33 Å². The molecule has 2 aliphatic rings. The van der Waals surface area contributed by atoms with Crippen molar-refractivity contribution < 1.29 is 4.52 Å². The molecule has 22 heavy (non-hydrogen) atoms. The van der Waals surface area contributed by atoms with Gasteiger partial charge in [-0.1, -0.05) is 5.16 Å². The highest BCUT2D eigenvalue weighted by Crippen LogP contribution is 2.35. The topological polar surface area (TPSA) is 71.2 Å². The van der Waals surface area contributed by atoms with E-state index in [2.05, 4.69) is 29.9 Å². The number of likely N-dealkylation sites (tertiary alicyclic amines) is 1. The normalized spacial score (nSPS) is 20.2. The molecule has 7 heteroatoms. The fraction of sp³-hybridized carbons (Fsp3) is 0.600. The van der Waals surface area contributed by atoms with Crippen LogP contribution in [0.15, 0.2) is 29.4 Å². The minimum Gasteiger partial charge on any atom is -0.350 e. The number of hydrogen-bond donors (Lipinski definition) is 0. The molecule has 0 N–H and O–H groups in total. The van der Waals surface area contributed by atoms with E-state index in [1.807, 2.05) is 12.3 Å². The van der Waals surface area contributed by atoms with Crippen molar-refractivity contribution in [3.63, 3.8) is 0 Å². The molecule has 1 aliphatic heterocycles. The highest BCUT2D eigenvalue weighted by atomic mass is 16.5. The quantitative estimate of drug-likeness (QED) is 0.828. The van der Waals surface area contributed by atoms with Crippen molar-refractivity contribution in [2.24, 2.45) is 0 Å². The van der Waals surface area contributed by atoms with Gasteiger partial charge in [0.25, 0.3) is 0 Å². The van der Waals surface area contributed by atoms with Crippen molar-refractivity contribution in [1.82, 2.24) is 25.0 Å². The first kappa shape index (κ1) is 13.6. The summed E-state index contributed by atoms with van der Waals surface area (Å²) in [6.45, 7) is 2.87. The van der Waals surface area contributed by atoms with Gasteiger partial charge < -0.3 is 9.42 Å². The third-order valence-electron chi connectivity index (χ3n) is 4.49. The van der Waals surface area contributed by atoms with E-state index in [9.17, 15) is 0 Å². The molecule has 116 valence electrons. The first-order chi connectivity index (χ1) is 10.9. The molecule has 1 saturated carbocycles. The van der Waals surface area contributed by atoms with E-state index < -0.39 is 0 Å². The number of hydrogen-bond acceptors (Lipinski definition) is 7. The summed E-state index contributed by atoms with van der Waals surface area (Å²) in [6.07, 6.45) is 9.81. The third kappa shape index (κ3) is 2.94. The zero-order chi connectivity index (χ0) is 14.8. The Morgan fingerprint density at radius 3 is 2.55 bits per heavy atom. The van der Waals surface area contributed by atoms with Crippen LogP contribution in [0.5, 0.6) is 0 Å². The smallest absolute Gasteiger partial charge is 0.240 e. The summed E-state index contributed by atoms with van der Waals surface area (Å²) < 4.78 is 5.10. The maximum Gasteiger partial charge on any atom is 0.240 e. The second kappa shape index (κ2) is 6.00. The van der Waals surface area contributed by atoms with Crippen LogP contribution in [0.3, 0.4) is 0 Å². The lowest BCUT2D eigenvalue weighted by Crippen LogP contribution is -2.46. The Morgan fingerprint density at radius 2 is 1.91 bits per heavy atom. The number of anilines is 1. The van der Waals surface area contributed by atoms with Crippen molar-refractivity contribution >= 4 is 5.82 Å². The summed E-state index contributed by atoms with van der Waals surface area (Å²) in [5, 5.41) is 3.67. The van der Waals surface area contributed by atoms with Gasteiger partial charge in [0.1, 0.15) is 12.1 Å². The van der Waals surface area contributed by atoms with Gasteiger partial charge in [0, 0.05) is 31.4 Å². The van der Waals surface area contributed by atoms with Gasteiger partial charge in [-0.3, -0.25) is 4.90 Å². The van der Waals surface area contributed by atoms with Gasteiger partial charge in [0.05, 0.1) is 6.54 Å². The monoisotopic (exact) mass is 300 g/mol. The molecule has 0 atom stereocenters. The Labute approximate surface area is 129 Å². The molecule has 0 aromatic carbocycles. The summed E-state index contributed by atoms with van der Waals surface area (Å²) in [5.74, 6) is 1.78. The molecule has 1 saturated heterocycles. The van der Waals surface area contributed by atoms with Crippen molar-refractivity contribution in [2.75, 3.05) is 18.0 Å². The standard InChI is InChI=1S/C15H20N6O/c1-2-12(1)21(14-3-6-16-10-17-14)13-4-7-20(8-5-13)9-15-18-11-19-22-15/h3,6,10-13H,1-2,4-5,7-9H2. The molecule has 0 radical (unpaired) electrons. The molecule has 2 aromatic heterocycles. The lowest BCUT2D eigenvalue weighted by Gasteiger charge is -2.39. The van der Waals surface area contributed by atoms with Crippen LogP contribution in [0.2, 0.25) is 0 Å². The van der Waals surface area contributed by atoms with Gasteiger partial charge >= 0.3 is 0 Å². The predicted octanol–water partition coefficient (Wildman–Crippen LogP) is 1.49. The minimum atomic E-state index is 0.571. The summed E-state index contributed by atoms with van der Waals surface area (Å²) in [7, 11) is 0. The van der Waals surface area contributed by atoms with Crippen molar-refractivity contribution in [1.29, 1.82) is 0 Å². The van der Waals surface area contributed by atoms with E-state index >= 15 is 0 Å². The molecule has 1 aliphatic carbocycles. The molecule has 0 spiro atoms. The second-order valence-corrected chi connectivity index (χ2v) is 6.05. The van der Waals surface area contributed by atoms with Gasteiger partial charge in [0.2, 0.25) is 5.89 Å². The zero-order valence-electron chi connectivity index (χ0n) is 12.5. The Balaban J connectivity index is 1.39. The molecule has 2 aromatic rings. The van der Waals surface area contributed by atoms with E-state index in [0.717, 1.165) is 38.3 Å². The first-order valence-electron chi connectivity index (χ1n) is 7.92.